The first-order valence-corrected chi connectivity index (χ1v) is 5.88. The van der Waals surface area contributed by atoms with Crippen molar-refractivity contribution in [3.05, 3.63) is 58.6 Å². The Bertz CT molecular complexity index is 518. The Kier molecular flexibility index (Phi) is 3.37. The van der Waals surface area contributed by atoms with Gasteiger partial charge in [-0.15, -0.1) is 0 Å². The summed E-state index contributed by atoms with van der Waals surface area (Å²) in [4.78, 5) is 0. The third-order valence-electron chi connectivity index (χ3n) is 2.56. The van der Waals surface area contributed by atoms with Crippen molar-refractivity contribution < 1.29 is 0 Å². The number of rotatable bonds is 2. The molecule has 16 heavy (non-hydrogen) atoms. The first-order chi connectivity index (χ1) is 7.74. The Labute approximate surface area is 106 Å². The molecule has 0 unspecified atom stereocenters. The van der Waals surface area contributed by atoms with Gasteiger partial charge in [0.2, 0.25) is 0 Å². The highest BCUT2D eigenvalue weighted by Gasteiger charge is 2.09. The zero-order valence-corrected chi connectivity index (χ0v) is 10.5. The third kappa shape index (κ3) is 2.01. The highest BCUT2D eigenvalue weighted by Crippen LogP contribution is 2.33. The maximum Gasteiger partial charge on any atom is 0.0519 e. The molecular formula is C14H11ClS. The fraction of sp³-hybridized carbons (Fsp3) is 0.0714. The molecule has 2 aromatic carbocycles. The Hall–Kier alpha value is -1.18. The first kappa shape index (κ1) is 11.3. The van der Waals surface area contributed by atoms with E-state index in [0.717, 1.165) is 27.3 Å². The van der Waals surface area contributed by atoms with Gasteiger partial charge in [-0.05, 0) is 23.6 Å². The molecular weight excluding hydrogens is 236 g/mol. The molecule has 0 atom stereocenters. The molecule has 2 rings (SSSR count). The van der Waals surface area contributed by atoms with Crippen LogP contribution < -0.4 is 0 Å². The molecule has 0 fully saturated rings. The molecule has 0 aromatic heterocycles. The summed E-state index contributed by atoms with van der Waals surface area (Å²) in [7, 11) is 0. The van der Waals surface area contributed by atoms with Gasteiger partial charge in [0.25, 0.3) is 0 Å². The summed E-state index contributed by atoms with van der Waals surface area (Å²) < 4.78 is 0. The molecule has 80 valence electrons. The van der Waals surface area contributed by atoms with Gasteiger partial charge in [-0.1, -0.05) is 66.3 Å². The molecule has 2 aromatic rings. The molecule has 0 saturated carbocycles. The van der Waals surface area contributed by atoms with Crippen LogP contribution in [0.15, 0.2) is 42.5 Å². The quantitative estimate of drug-likeness (QED) is 0.695. The largest absolute Gasteiger partial charge is 0.0881 e. The molecule has 0 N–H and O–H groups in total. The van der Waals surface area contributed by atoms with Crippen LogP contribution in [0.3, 0.4) is 0 Å². The third-order valence-corrected chi connectivity index (χ3v) is 3.30. The van der Waals surface area contributed by atoms with E-state index in [0.29, 0.717) is 0 Å². The molecule has 0 radical (unpaired) electrons. The molecule has 0 spiro atoms. The second-order valence-corrected chi connectivity index (χ2v) is 4.26. The standard InChI is InChI=1S/C14H11ClS/c1-10-7-8-12(9-16)13(14(10)15)11-5-3-2-4-6-11/h2-9H,1H3. The van der Waals surface area contributed by atoms with Crippen LogP contribution in [-0.2, 0) is 0 Å². The van der Waals surface area contributed by atoms with Gasteiger partial charge in [0.1, 0.15) is 0 Å². The van der Waals surface area contributed by atoms with Crippen LogP contribution in [0, 0.1) is 6.92 Å². The van der Waals surface area contributed by atoms with E-state index < -0.39 is 0 Å². The molecule has 0 heterocycles. The maximum atomic E-state index is 6.35. The normalized spacial score (nSPS) is 10.1. The summed E-state index contributed by atoms with van der Waals surface area (Å²) in [6, 6.07) is 14.1. The Morgan fingerprint density at radius 1 is 1.06 bits per heavy atom. The average molecular weight is 247 g/mol. The van der Waals surface area contributed by atoms with Gasteiger partial charge in [-0.2, -0.15) is 0 Å². The Balaban J connectivity index is 2.72. The SMILES string of the molecule is Cc1ccc(C=S)c(-c2ccccc2)c1Cl. The van der Waals surface area contributed by atoms with Gasteiger partial charge in [-0.25, -0.2) is 0 Å². The highest BCUT2D eigenvalue weighted by molar-refractivity contribution is 7.79. The van der Waals surface area contributed by atoms with E-state index >= 15 is 0 Å². The van der Waals surface area contributed by atoms with Crippen LogP contribution in [-0.4, -0.2) is 5.37 Å². The van der Waals surface area contributed by atoms with E-state index in [2.05, 4.69) is 0 Å². The summed E-state index contributed by atoms with van der Waals surface area (Å²) in [6.45, 7) is 2.00. The molecule has 2 heteroatoms. The van der Waals surface area contributed by atoms with Crippen molar-refractivity contribution in [3.8, 4) is 11.1 Å². The number of benzene rings is 2. The molecule has 0 aliphatic heterocycles. The van der Waals surface area contributed by atoms with Crippen LogP contribution in [0.25, 0.3) is 11.1 Å². The van der Waals surface area contributed by atoms with Crippen molar-refractivity contribution >= 4 is 29.2 Å². The minimum Gasteiger partial charge on any atom is -0.0881 e. The van der Waals surface area contributed by atoms with Crippen molar-refractivity contribution in [2.75, 3.05) is 0 Å². The second kappa shape index (κ2) is 4.77. The van der Waals surface area contributed by atoms with E-state index in [1.54, 1.807) is 5.37 Å². The van der Waals surface area contributed by atoms with E-state index in [-0.39, 0.29) is 0 Å². The number of hydrogen-bond donors (Lipinski definition) is 0. The van der Waals surface area contributed by atoms with Crippen LogP contribution >= 0.6 is 23.8 Å². The summed E-state index contributed by atoms with van der Waals surface area (Å²) in [6.07, 6.45) is 0. The van der Waals surface area contributed by atoms with Gasteiger partial charge in [0, 0.05) is 10.9 Å². The summed E-state index contributed by atoms with van der Waals surface area (Å²) in [5, 5.41) is 2.46. The van der Waals surface area contributed by atoms with E-state index in [9.17, 15) is 0 Å². The fourth-order valence-corrected chi connectivity index (χ4v) is 2.17. The smallest absolute Gasteiger partial charge is 0.0519 e. The lowest BCUT2D eigenvalue weighted by atomic mass is 9.98. The predicted octanol–water partition coefficient (Wildman–Crippen LogP) is 4.66. The lowest BCUT2D eigenvalue weighted by molar-refractivity contribution is 1.46. The zero-order valence-electron chi connectivity index (χ0n) is 8.91. The lowest BCUT2D eigenvalue weighted by Gasteiger charge is -2.10. The predicted molar refractivity (Wildman–Crippen MR) is 74.4 cm³/mol. The topological polar surface area (TPSA) is 0 Å². The summed E-state index contributed by atoms with van der Waals surface area (Å²) >= 11 is 11.4. The maximum absolute atomic E-state index is 6.35. The molecule has 0 saturated heterocycles. The molecule has 0 bridgehead atoms. The molecule has 0 aliphatic carbocycles. The van der Waals surface area contributed by atoms with Gasteiger partial charge >= 0.3 is 0 Å². The van der Waals surface area contributed by atoms with Gasteiger partial charge in [0.15, 0.2) is 0 Å². The zero-order chi connectivity index (χ0) is 11.5. The number of hydrogen-bond acceptors (Lipinski definition) is 1. The average Bonchev–Trinajstić information content (AvgIpc) is 2.33. The summed E-state index contributed by atoms with van der Waals surface area (Å²) in [5.74, 6) is 0. The Morgan fingerprint density at radius 3 is 2.38 bits per heavy atom. The minimum atomic E-state index is 0.782. The van der Waals surface area contributed by atoms with Crippen LogP contribution in [0.4, 0.5) is 0 Å². The molecule has 0 nitrogen and oxygen atoms in total. The van der Waals surface area contributed by atoms with E-state index in [4.69, 9.17) is 23.8 Å². The van der Waals surface area contributed by atoms with Crippen LogP contribution in [0.5, 0.6) is 0 Å². The highest BCUT2D eigenvalue weighted by atomic mass is 35.5. The van der Waals surface area contributed by atoms with Crippen molar-refractivity contribution in [2.45, 2.75) is 6.92 Å². The summed E-state index contributed by atoms with van der Waals surface area (Å²) in [5.41, 5.74) is 4.20. The Morgan fingerprint density at radius 2 is 1.75 bits per heavy atom. The minimum absolute atomic E-state index is 0.782. The van der Waals surface area contributed by atoms with Crippen molar-refractivity contribution in [1.82, 2.24) is 0 Å². The fourth-order valence-electron chi connectivity index (χ4n) is 1.69. The van der Waals surface area contributed by atoms with Crippen LogP contribution in [0.2, 0.25) is 5.02 Å². The van der Waals surface area contributed by atoms with E-state index in [1.807, 2.05) is 49.4 Å². The number of halogens is 1. The van der Waals surface area contributed by atoms with Crippen LogP contribution in [0.1, 0.15) is 11.1 Å². The monoisotopic (exact) mass is 246 g/mol. The number of aryl methyl sites for hydroxylation is 1. The molecule has 0 amide bonds. The first-order valence-electron chi connectivity index (χ1n) is 5.03. The van der Waals surface area contributed by atoms with Gasteiger partial charge in [-0.3, -0.25) is 0 Å². The lowest BCUT2D eigenvalue weighted by Crippen LogP contribution is -1.90. The van der Waals surface area contributed by atoms with Gasteiger partial charge in [0.05, 0.1) is 5.02 Å². The van der Waals surface area contributed by atoms with Crippen molar-refractivity contribution in [3.63, 3.8) is 0 Å². The van der Waals surface area contributed by atoms with Crippen molar-refractivity contribution in [1.29, 1.82) is 0 Å². The second-order valence-electron chi connectivity index (χ2n) is 3.64. The van der Waals surface area contributed by atoms with E-state index in [1.165, 1.54) is 0 Å². The molecule has 0 aliphatic rings. The van der Waals surface area contributed by atoms with Crippen molar-refractivity contribution in [2.24, 2.45) is 0 Å². The number of thiocarbonyl (C=S) groups is 1. The van der Waals surface area contributed by atoms with Gasteiger partial charge < -0.3 is 0 Å².